The van der Waals surface area contributed by atoms with Gasteiger partial charge in [-0.1, -0.05) is 11.6 Å². The van der Waals surface area contributed by atoms with Crippen molar-refractivity contribution in [3.63, 3.8) is 0 Å². The van der Waals surface area contributed by atoms with Crippen molar-refractivity contribution in [2.75, 3.05) is 39.2 Å². The first-order chi connectivity index (χ1) is 7.69. The molecular formula is C12H17ClN2O. The molecule has 88 valence electrons. The number of hydrogen-bond acceptors (Lipinski definition) is 3. The lowest BCUT2D eigenvalue weighted by molar-refractivity contribution is 0.415. The molecular weight excluding hydrogens is 224 g/mol. The van der Waals surface area contributed by atoms with E-state index in [1.54, 1.807) is 7.11 Å². The average molecular weight is 241 g/mol. The van der Waals surface area contributed by atoms with E-state index in [9.17, 15) is 0 Å². The van der Waals surface area contributed by atoms with Gasteiger partial charge < -0.3 is 15.0 Å². The Kier molecular flexibility index (Phi) is 3.26. The Morgan fingerprint density at radius 3 is 2.94 bits per heavy atom. The fourth-order valence-corrected chi connectivity index (χ4v) is 2.74. The van der Waals surface area contributed by atoms with Crippen LogP contribution in [0.3, 0.4) is 0 Å². The summed E-state index contributed by atoms with van der Waals surface area (Å²) in [7, 11) is 5.74. The topological polar surface area (TPSA) is 24.5 Å². The SMILES string of the molecule is CNCC1CN(C)c2c(OC)ccc(Cl)c21. The third kappa shape index (κ3) is 1.74. The Labute approximate surface area is 101 Å². The number of benzene rings is 1. The Morgan fingerprint density at radius 1 is 1.56 bits per heavy atom. The molecule has 1 N–H and O–H groups in total. The van der Waals surface area contributed by atoms with E-state index < -0.39 is 0 Å². The minimum atomic E-state index is 0.438. The zero-order valence-corrected chi connectivity index (χ0v) is 10.6. The van der Waals surface area contributed by atoms with Crippen LogP contribution in [0.5, 0.6) is 5.75 Å². The second-order valence-corrected chi connectivity index (χ2v) is 4.55. The number of hydrogen-bond donors (Lipinski definition) is 1. The molecule has 2 rings (SSSR count). The largest absolute Gasteiger partial charge is 0.495 e. The van der Waals surface area contributed by atoms with E-state index in [1.165, 1.54) is 5.56 Å². The first-order valence-electron chi connectivity index (χ1n) is 5.41. The average Bonchev–Trinajstić information content (AvgIpc) is 2.59. The Hall–Kier alpha value is -0.930. The monoisotopic (exact) mass is 240 g/mol. The standard InChI is InChI=1S/C12H17ClN2O/c1-14-6-8-7-15(2)12-10(16-3)5-4-9(13)11(8)12/h4-5,8,14H,6-7H2,1-3H3. The normalized spacial score (nSPS) is 18.8. The zero-order chi connectivity index (χ0) is 11.7. The second kappa shape index (κ2) is 4.52. The predicted octanol–water partition coefficient (Wildman–Crippen LogP) is 2.10. The molecule has 0 saturated carbocycles. The lowest BCUT2D eigenvalue weighted by atomic mass is 10.0. The number of nitrogens with one attached hydrogen (secondary N) is 1. The molecule has 0 radical (unpaired) electrons. The molecule has 4 heteroatoms. The fourth-order valence-electron chi connectivity index (χ4n) is 2.44. The molecule has 0 saturated heterocycles. The van der Waals surface area contributed by atoms with Gasteiger partial charge in [-0.3, -0.25) is 0 Å². The maximum Gasteiger partial charge on any atom is 0.142 e. The number of methoxy groups -OCH3 is 1. The number of nitrogens with zero attached hydrogens (tertiary/aromatic N) is 1. The zero-order valence-electron chi connectivity index (χ0n) is 9.88. The second-order valence-electron chi connectivity index (χ2n) is 4.15. The maximum absolute atomic E-state index is 6.28. The van der Waals surface area contributed by atoms with Crippen LogP contribution in [-0.2, 0) is 0 Å². The Bertz CT molecular complexity index is 395. The van der Waals surface area contributed by atoms with E-state index in [0.29, 0.717) is 5.92 Å². The lowest BCUT2D eigenvalue weighted by Crippen LogP contribution is -2.22. The molecule has 0 spiro atoms. The Balaban J connectivity index is 2.49. The minimum absolute atomic E-state index is 0.438. The first-order valence-corrected chi connectivity index (χ1v) is 5.79. The highest BCUT2D eigenvalue weighted by molar-refractivity contribution is 6.32. The minimum Gasteiger partial charge on any atom is -0.495 e. The van der Waals surface area contributed by atoms with Gasteiger partial charge in [-0.05, 0) is 19.2 Å². The number of halogens is 1. The van der Waals surface area contributed by atoms with Gasteiger partial charge in [-0.2, -0.15) is 0 Å². The van der Waals surface area contributed by atoms with Crippen LogP contribution in [0.25, 0.3) is 0 Å². The summed E-state index contributed by atoms with van der Waals surface area (Å²) in [6, 6.07) is 3.85. The fraction of sp³-hybridized carbons (Fsp3) is 0.500. The Morgan fingerprint density at radius 2 is 2.31 bits per heavy atom. The van der Waals surface area contributed by atoms with Crippen molar-refractivity contribution in [1.29, 1.82) is 0 Å². The van der Waals surface area contributed by atoms with Gasteiger partial charge in [0.05, 0.1) is 12.8 Å². The van der Waals surface area contributed by atoms with E-state index in [1.807, 2.05) is 19.2 Å². The highest BCUT2D eigenvalue weighted by atomic mass is 35.5. The van der Waals surface area contributed by atoms with Crippen molar-refractivity contribution in [3.8, 4) is 5.75 Å². The molecule has 0 aliphatic carbocycles. The summed E-state index contributed by atoms with van der Waals surface area (Å²) in [6.07, 6.45) is 0. The van der Waals surface area contributed by atoms with E-state index in [4.69, 9.17) is 16.3 Å². The van der Waals surface area contributed by atoms with Gasteiger partial charge in [0, 0.05) is 36.6 Å². The lowest BCUT2D eigenvalue weighted by Gasteiger charge is -2.15. The molecule has 1 aromatic carbocycles. The van der Waals surface area contributed by atoms with Crippen molar-refractivity contribution in [1.82, 2.24) is 5.32 Å². The molecule has 16 heavy (non-hydrogen) atoms. The van der Waals surface area contributed by atoms with Crippen molar-refractivity contribution < 1.29 is 4.74 Å². The molecule has 0 fully saturated rings. The van der Waals surface area contributed by atoms with Gasteiger partial charge >= 0.3 is 0 Å². The molecule has 1 atom stereocenters. The van der Waals surface area contributed by atoms with Crippen LogP contribution in [0, 0.1) is 0 Å². The van der Waals surface area contributed by atoms with E-state index >= 15 is 0 Å². The maximum atomic E-state index is 6.28. The predicted molar refractivity (Wildman–Crippen MR) is 67.9 cm³/mol. The van der Waals surface area contributed by atoms with Crippen molar-refractivity contribution in [3.05, 3.63) is 22.7 Å². The summed E-state index contributed by atoms with van der Waals surface area (Å²) in [6.45, 7) is 1.92. The van der Waals surface area contributed by atoms with Crippen LogP contribution in [0.4, 0.5) is 5.69 Å². The van der Waals surface area contributed by atoms with Crippen LogP contribution in [0.1, 0.15) is 11.5 Å². The summed E-state index contributed by atoms with van der Waals surface area (Å²) in [5.74, 6) is 1.34. The van der Waals surface area contributed by atoms with Crippen molar-refractivity contribution >= 4 is 17.3 Å². The summed E-state index contributed by atoms with van der Waals surface area (Å²) < 4.78 is 5.39. The van der Waals surface area contributed by atoms with Gasteiger partial charge in [0.25, 0.3) is 0 Å². The number of fused-ring (bicyclic) bond motifs is 1. The van der Waals surface area contributed by atoms with Gasteiger partial charge in [0.1, 0.15) is 5.75 Å². The molecule has 1 unspecified atom stereocenters. The third-order valence-electron chi connectivity index (χ3n) is 3.08. The number of rotatable bonds is 3. The van der Waals surface area contributed by atoms with Crippen LogP contribution < -0.4 is 15.0 Å². The molecule has 0 bridgehead atoms. The molecule has 1 aliphatic heterocycles. The quantitative estimate of drug-likeness (QED) is 0.876. The van der Waals surface area contributed by atoms with Gasteiger partial charge in [0.15, 0.2) is 0 Å². The summed E-state index contributed by atoms with van der Waals surface area (Å²) in [4.78, 5) is 2.21. The van der Waals surface area contributed by atoms with E-state index in [0.717, 1.165) is 29.5 Å². The van der Waals surface area contributed by atoms with Crippen molar-refractivity contribution in [2.24, 2.45) is 0 Å². The smallest absolute Gasteiger partial charge is 0.142 e. The van der Waals surface area contributed by atoms with Crippen molar-refractivity contribution in [2.45, 2.75) is 5.92 Å². The molecule has 0 amide bonds. The molecule has 1 aliphatic rings. The summed E-state index contributed by atoms with van der Waals surface area (Å²) in [5, 5.41) is 4.04. The molecule has 1 heterocycles. The van der Waals surface area contributed by atoms with Crippen LogP contribution in [0.2, 0.25) is 5.02 Å². The summed E-state index contributed by atoms with van der Waals surface area (Å²) >= 11 is 6.28. The number of ether oxygens (including phenoxy) is 1. The molecule has 1 aromatic rings. The highest BCUT2D eigenvalue weighted by Crippen LogP contribution is 2.45. The molecule has 3 nitrogen and oxygen atoms in total. The van der Waals surface area contributed by atoms with E-state index in [-0.39, 0.29) is 0 Å². The van der Waals surface area contributed by atoms with Gasteiger partial charge in [-0.15, -0.1) is 0 Å². The van der Waals surface area contributed by atoms with Gasteiger partial charge in [-0.25, -0.2) is 0 Å². The molecule has 0 aromatic heterocycles. The number of likely N-dealkylation sites (N-methyl/N-ethyl adjacent to an activating group) is 2. The van der Waals surface area contributed by atoms with Crippen LogP contribution in [-0.4, -0.2) is 34.3 Å². The summed E-state index contributed by atoms with van der Waals surface area (Å²) in [5.41, 5.74) is 2.34. The van der Waals surface area contributed by atoms with E-state index in [2.05, 4.69) is 17.3 Å². The first kappa shape index (κ1) is 11.6. The third-order valence-corrected chi connectivity index (χ3v) is 3.41. The van der Waals surface area contributed by atoms with Gasteiger partial charge in [0.2, 0.25) is 0 Å². The highest BCUT2D eigenvalue weighted by Gasteiger charge is 2.30. The number of anilines is 1. The van der Waals surface area contributed by atoms with Crippen LogP contribution >= 0.6 is 11.6 Å². The van der Waals surface area contributed by atoms with Crippen LogP contribution in [0.15, 0.2) is 12.1 Å².